The summed E-state index contributed by atoms with van der Waals surface area (Å²) in [5.41, 5.74) is 5.33. The fourth-order valence-electron chi connectivity index (χ4n) is 2.43. The zero-order chi connectivity index (χ0) is 17.8. The van der Waals surface area contributed by atoms with Crippen LogP contribution in [0.3, 0.4) is 0 Å². The van der Waals surface area contributed by atoms with Gasteiger partial charge in [-0.2, -0.15) is 0 Å². The van der Waals surface area contributed by atoms with Gasteiger partial charge < -0.3 is 9.84 Å². The summed E-state index contributed by atoms with van der Waals surface area (Å²) in [4.78, 5) is 24.4. The largest absolute Gasteiger partial charge is 0.508 e. The molecule has 0 radical (unpaired) electrons. The number of phenolic OH excluding ortho intramolecular Hbond substituents is 1. The molecule has 6 heteroatoms. The first kappa shape index (κ1) is 16.3. The van der Waals surface area contributed by atoms with Crippen molar-refractivity contribution in [3.05, 3.63) is 71.8 Å². The molecular weight excluding hydrogens is 320 g/mol. The molecule has 0 unspecified atom stereocenters. The minimum atomic E-state index is -0.492. The fourth-order valence-corrected chi connectivity index (χ4v) is 2.43. The molecule has 6 nitrogen and oxygen atoms in total. The van der Waals surface area contributed by atoms with E-state index in [2.05, 4.69) is 10.9 Å². The fraction of sp³-hybridized carbons (Fsp3) is 0.0526. The van der Waals surface area contributed by atoms with Gasteiger partial charge in [0.15, 0.2) is 0 Å². The van der Waals surface area contributed by atoms with Gasteiger partial charge in [0.25, 0.3) is 11.8 Å². The number of hydrogen-bond donors (Lipinski definition) is 3. The van der Waals surface area contributed by atoms with Gasteiger partial charge in [-0.05, 0) is 47.2 Å². The summed E-state index contributed by atoms with van der Waals surface area (Å²) in [5.74, 6) is -0.514. The number of benzene rings is 3. The highest BCUT2D eigenvalue weighted by molar-refractivity contribution is 6.03. The van der Waals surface area contributed by atoms with E-state index >= 15 is 0 Å². The monoisotopic (exact) mass is 336 g/mol. The Morgan fingerprint density at radius 3 is 2.12 bits per heavy atom. The molecule has 0 saturated carbocycles. The van der Waals surface area contributed by atoms with Gasteiger partial charge in [-0.1, -0.05) is 24.3 Å². The summed E-state index contributed by atoms with van der Waals surface area (Å²) in [6.07, 6.45) is 0. The number of carbonyl (C=O) groups is 2. The van der Waals surface area contributed by atoms with E-state index in [0.29, 0.717) is 16.9 Å². The molecule has 0 bridgehead atoms. The molecule has 0 spiro atoms. The smallest absolute Gasteiger partial charge is 0.273 e. The van der Waals surface area contributed by atoms with E-state index in [0.717, 1.165) is 10.8 Å². The third-order valence-electron chi connectivity index (χ3n) is 3.73. The van der Waals surface area contributed by atoms with Crippen LogP contribution in [0.1, 0.15) is 20.7 Å². The average Bonchev–Trinajstić information content (AvgIpc) is 2.65. The van der Waals surface area contributed by atoms with Crippen molar-refractivity contribution in [1.29, 1.82) is 0 Å². The van der Waals surface area contributed by atoms with Crippen LogP contribution < -0.4 is 15.6 Å². The van der Waals surface area contributed by atoms with Crippen molar-refractivity contribution in [2.24, 2.45) is 0 Å². The summed E-state index contributed by atoms with van der Waals surface area (Å²) in [7, 11) is 1.48. The number of ether oxygens (including phenoxy) is 1. The van der Waals surface area contributed by atoms with Crippen LogP contribution in [0.2, 0.25) is 0 Å². The second-order valence-corrected chi connectivity index (χ2v) is 5.35. The topological polar surface area (TPSA) is 87.7 Å². The Morgan fingerprint density at radius 2 is 1.48 bits per heavy atom. The van der Waals surface area contributed by atoms with Crippen molar-refractivity contribution in [3.63, 3.8) is 0 Å². The van der Waals surface area contributed by atoms with Gasteiger partial charge in [0, 0.05) is 5.56 Å². The molecule has 3 aromatic rings. The zero-order valence-corrected chi connectivity index (χ0v) is 13.4. The van der Waals surface area contributed by atoms with Gasteiger partial charge in [0.2, 0.25) is 0 Å². The third-order valence-corrected chi connectivity index (χ3v) is 3.73. The van der Waals surface area contributed by atoms with Crippen molar-refractivity contribution >= 4 is 22.6 Å². The van der Waals surface area contributed by atoms with E-state index in [1.54, 1.807) is 12.1 Å². The maximum absolute atomic E-state index is 12.4. The van der Waals surface area contributed by atoms with Gasteiger partial charge in [-0.3, -0.25) is 20.4 Å². The minimum absolute atomic E-state index is 0.0569. The molecule has 2 amide bonds. The molecule has 0 saturated heterocycles. The quantitative estimate of drug-likeness (QED) is 0.642. The first-order valence-electron chi connectivity index (χ1n) is 7.55. The number of rotatable bonds is 3. The molecule has 3 rings (SSSR count). The number of hydrogen-bond acceptors (Lipinski definition) is 4. The minimum Gasteiger partial charge on any atom is -0.508 e. The second kappa shape index (κ2) is 6.92. The van der Waals surface area contributed by atoms with Crippen LogP contribution in [0.25, 0.3) is 10.8 Å². The Bertz CT molecular complexity index is 936. The normalized spacial score (nSPS) is 10.3. The van der Waals surface area contributed by atoms with Crippen molar-refractivity contribution in [3.8, 4) is 11.5 Å². The first-order valence-corrected chi connectivity index (χ1v) is 7.55. The van der Waals surface area contributed by atoms with Crippen molar-refractivity contribution in [1.82, 2.24) is 10.9 Å². The summed E-state index contributed by atoms with van der Waals surface area (Å²) in [6.45, 7) is 0. The van der Waals surface area contributed by atoms with Crippen molar-refractivity contribution < 1.29 is 19.4 Å². The number of aromatic hydroxyl groups is 1. The molecule has 0 fully saturated rings. The summed E-state index contributed by atoms with van der Waals surface area (Å²) in [5, 5.41) is 11.1. The maximum Gasteiger partial charge on any atom is 0.273 e. The highest BCUT2D eigenvalue weighted by Crippen LogP contribution is 2.25. The Hall–Kier alpha value is -3.54. The molecule has 0 aliphatic rings. The van der Waals surface area contributed by atoms with E-state index in [1.807, 2.05) is 24.3 Å². The molecule has 0 aliphatic carbocycles. The maximum atomic E-state index is 12.4. The van der Waals surface area contributed by atoms with Gasteiger partial charge in [0.05, 0.1) is 12.7 Å². The van der Waals surface area contributed by atoms with E-state index in [9.17, 15) is 14.7 Å². The standard InChI is InChI=1S/C19H16N2O4/c1-25-17-11-14-5-3-2-4-13(14)10-16(17)19(24)21-20-18(23)12-6-8-15(22)9-7-12/h2-11,22H,1H3,(H,20,23)(H,21,24). The number of fused-ring (bicyclic) bond motifs is 1. The summed E-state index contributed by atoms with van der Waals surface area (Å²) < 4.78 is 5.28. The number of phenols is 1. The predicted octanol–water partition coefficient (Wildman–Crippen LogP) is 2.63. The predicted molar refractivity (Wildman–Crippen MR) is 93.5 cm³/mol. The molecule has 0 aromatic heterocycles. The van der Waals surface area contributed by atoms with Crippen LogP contribution in [0.15, 0.2) is 60.7 Å². The molecule has 3 aromatic carbocycles. The Balaban J connectivity index is 1.77. The number of methoxy groups -OCH3 is 1. The number of nitrogens with one attached hydrogen (secondary N) is 2. The summed E-state index contributed by atoms with van der Waals surface area (Å²) >= 11 is 0. The second-order valence-electron chi connectivity index (χ2n) is 5.35. The molecule has 3 N–H and O–H groups in total. The lowest BCUT2D eigenvalue weighted by Crippen LogP contribution is -2.41. The van der Waals surface area contributed by atoms with Crippen LogP contribution in [-0.2, 0) is 0 Å². The van der Waals surface area contributed by atoms with E-state index in [4.69, 9.17) is 4.74 Å². The van der Waals surface area contributed by atoms with Crippen LogP contribution >= 0.6 is 0 Å². The number of amides is 2. The Labute approximate surface area is 144 Å². The SMILES string of the molecule is COc1cc2ccccc2cc1C(=O)NNC(=O)c1ccc(O)cc1. The Kier molecular flexibility index (Phi) is 4.52. The molecule has 126 valence electrons. The Morgan fingerprint density at radius 1 is 0.880 bits per heavy atom. The van der Waals surface area contributed by atoms with Gasteiger partial charge in [0.1, 0.15) is 11.5 Å². The number of hydrazine groups is 1. The van der Waals surface area contributed by atoms with Crippen molar-refractivity contribution in [2.45, 2.75) is 0 Å². The highest BCUT2D eigenvalue weighted by Gasteiger charge is 2.15. The summed E-state index contributed by atoms with van der Waals surface area (Å²) in [6, 6.07) is 16.8. The van der Waals surface area contributed by atoms with E-state index in [-0.39, 0.29) is 5.75 Å². The average molecular weight is 336 g/mol. The van der Waals surface area contributed by atoms with Crippen molar-refractivity contribution in [2.75, 3.05) is 7.11 Å². The lowest BCUT2D eigenvalue weighted by Gasteiger charge is -2.12. The van der Waals surface area contributed by atoms with E-state index < -0.39 is 11.8 Å². The molecule has 0 atom stereocenters. The van der Waals surface area contributed by atoms with Crippen LogP contribution in [0.5, 0.6) is 11.5 Å². The number of carbonyl (C=O) groups excluding carboxylic acids is 2. The van der Waals surface area contributed by atoms with Gasteiger partial charge in [-0.15, -0.1) is 0 Å². The van der Waals surface area contributed by atoms with Crippen LogP contribution in [0.4, 0.5) is 0 Å². The zero-order valence-electron chi connectivity index (χ0n) is 13.4. The van der Waals surface area contributed by atoms with E-state index in [1.165, 1.54) is 31.4 Å². The molecular formula is C19H16N2O4. The lowest BCUT2D eigenvalue weighted by atomic mass is 10.1. The first-order chi connectivity index (χ1) is 12.1. The highest BCUT2D eigenvalue weighted by atomic mass is 16.5. The molecule has 25 heavy (non-hydrogen) atoms. The molecule has 0 aliphatic heterocycles. The van der Waals surface area contributed by atoms with Gasteiger partial charge >= 0.3 is 0 Å². The van der Waals surface area contributed by atoms with Gasteiger partial charge in [-0.25, -0.2) is 0 Å². The lowest BCUT2D eigenvalue weighted by molar-refractivity contribution is 0.0845. The molecule has 0 heterocycles. The van der Waals surface area contributed by atoms with Crippen LogP contribution in [0, 0.1) is 0 Å². The third kappa shape index (κ3) is 3.53. The van der Waals surface area contributed by atoms with Crippen LogP contribution in [-0.4, -0.2) is 24.0 Å².